The van der Waals surface area contributed by atoms with Gasteiger partial charge in [-0.2, -0.15) is 0 Å². The quantitative estimate of drug-likeness (QED) is 0.478. The zero-order valence-electron chi connectivity index (χ0n) is 11.3. The van der Waals surface area contributed by atoms with Gasteiger partial charge in [-0.05, 0) is 19.1 Å². The molecule has 0 saturated heterocycles. The van der Waals surface area contributed by atoms with E-state index >= 15 is 0 Å². The Morgan fingerprint density at radius 2 is 2.10 bits per heavy atom. The molecule has 0 heterocycles. The number of amides is 1. The van der Waals surface area contributed by atoms with Gasteiger partial charge in [0.25, 0.3) is 11.6 Å². The Balaban J connectivity index is 2.85. The lowest BCUT2D eigenvalue weighted by molar-refractivity contribution is -0.384. The zero-order valence-corrected chi connectivity index (χ0v) is 12.1. The molecule has 0 spiro atoms. The maximum Gasteiger partial charge on any atom is 0.292 e. The molecular formula is C11H16N4O5S. The average molecular weight is 316 g/mol. The van der Waals surface area contributed by atoms with Gasteiger partial charge in [-0.1, -0.05) is 0 Å². The molecule has 116 valence electrons. The third kappa shape index (κ3) is 5.36. The largest absolute Gasteiger partial charge is 0.380 e. The van der Waals surface area contributed by atoms with Crippen LogP contribution in [0.1, 0.15) is 17.3 Å². The molecule has 4 N–H and O–H groups in total. The van der Waals surface area contributed by atoms with Crippen LogP contribution in [0.2, 0.25) is 0 Å². The first-order valence-corrected chi connectivity index (χ1v) is 7.77. The first-order chi connectivity index (χ1) is 9.74. The van der Waals surface area contributed by atoms with Crippen LogP contribution in [0.25, 0.3) is 0 Å². The second-order valence-corrected chi connectivity index (χ2v) is 5.88. The third-order valence-corrected chi connectivity index (χ3v) is 3.27. The fourth-order valence-electron chi connectivity index (χ4n) is 1.58. The molecule has 1 rings (SSSR count). The minimum absolute atomic E-state index is 0.134. The number of nitrogens with zero attached hydrogens (tertiary/aromatic N) is 1. The van der Waals surface area contributed by atoms with Crippen LogP contribution in [-0.4, -0.2) is 38.1 Å². The maximum atomic E-state index is 11.8. The Morgan fingerprint density at radius 3 is 2.62 bits per heavy atom. The van der Waals surface area contributed by atoms with Crippen LogP contribution in [-0.2, 0) is 10.0 Å². The fourth-order valence-corrected chi connectivity index (χ4v) is 1.96. The summed E-state index contributed by atoms with van der Waals surface area (Å²) in [6.07, 6.45) is 0. The number of primary sulfonamides is 1. The van der Waals surface area contributed by atoms with Crippen LogP contribution in [0.15, 0.2) is 18.2 Å². The Kier molecular flexibility index (Phi) is 5.61. The number of carbonyl (C=O) groups excluding carboxylic acids is 1. The van der Waals surface area contributed by atoms with Crippen LogP contribution in [0.3, 0.4) is 0 Å². The van der Waals surface area contributed by atoms with Crippen molar-refractivity contribution in [1.82, 2.24) is 5.32 Å². The van der Waals surface area contributed by atoms with Gasteiger partial charge >= 0.3 is 0 Å². The normalized spacial score (nSPS) is 11.0. The van der Waals surface area contributed by atoms with Crippen molar-refractivity contribution in [2.75, 3.05) is 24.2 Å². The number of carbonyl (C=O) groups is 1. The number of benzene rings is 1. The molecule has 0 radical (unpaired) electrons. The molecule has 0 aliphatic heterocycles. The Bertz CT molecular complexity index is 644. The first kappa shape index (κ1) is 16.9. The summed E-state index contributed by atoms with van der Waals surface area (Å²) in [4.78, 5) is 22.1. The standard InChI is InChI=1S/C11H16N4O5S/c1-2-13-9-7-8(3-4-10(9)15(17)18)11(16)14-5-6-21(12,19)20/h3-4,7,13H,2,5-6H2,1H3,(H,14,16)(H2,12,19,20). The van der Waals surface area contributed by atoms with E-state index in [1.807, 2.05) is 0 Å². The summed E-state index contributed by atoms with van der Waals surface area (Å²) in [6, 6.07) is 3.85. The van der Waals surface area contributed by atoms with Crippen LogP contribution in [0, 0.1) is 10.1 Å². The van der Waals surface area contributed by atoms with E-state index in [9.17, 15) is 23.3 Å². The maximum absolute atomic E-state index is 11.8. The molecule has 0 unspecified atom stereocenters. The molecule has 0 fully saturated rings. The lowest BCUT2D eigenvalue weighted by Gasteiger charge is -2.08. The number of nitro groups is 1. The lowest BCUT2D eigenvalue weighted by atomic mass is 10.1. The number of nitro benzene ring substituents is 1. The van der Waals surface area contributed by atoms with E-state index < -0.39 is 20.9 Å². The molecule has 0 aliphatic carbocycles. The number of rotatable bonds is 7. The number of sulfonamides is 1. The summed E-state index contributed by atoms with van der Waals surface area (Å²) in [7, 11) is -3.65. The van der Waals surface area contributed by atoms with Crippen LogP contribution in [0.4, 0.5) is 11.4 Å². The molecule has 1 aromatic rings. The minimum Gasteiger partial charge on any atom is -0.380 e. The van der Waals surface area contributed by atoms with Crippen molar-refractivity contribution in [3.63, 3.8) is 0 Å². The molecule has 0 saturated carbocycles. The highest BCUT2D eigenvalue weighted by atomic mass is 32.2. The van der Waals surface area contributed by atoms with E-state index in [0.717, 1.165) is 0 Å². The van der Waals surface area contributed by atoms with Crippen LogP contribution < -0.4 is 15.8 Å². The lowest BCUT2D eigenvalue weighted by Crippen LogP contribution is -2.31. The van der Waals surface area contributed by atoms with Crippen molar-refractivity contribution in [1.29, 1.82) is 0 Å². The van der Waals surface area contributed by atoms with Gasteiger partial charge in [-0.15, -0.1) is 0 Å². The second kappa shape index (κ2) is 6.99. The highest BCUT2D eigenvalue weighted by molar-refractivity contribution is 7.89. The van der Waals surface area contributed by atoms with Crippen LogP contribution >= 0.6 is 0 Å². The van der Waals surface area contributed by atoms with Gasteiger partial charge in [0.05, 0.1) is 10.7 Å². The summed E-state index contributed by atoms with van der Waals surface area (Å²) < 4.78 is 21.5. The van der Waals surface area contributed by atoms with Crippen molar-refractivity contribution in [3.05, 3.63) is 33.9 Å². The van der Waals surface area contributed by atoms with Gasteiger partial charge < -0.3 is 10.6 Å². The summed E-state index contributed by atoms with van der Waals surface area (Å²) in [5, 5.41) is 20.8. The van der Waals surface area contributed by atoms with Gasteiger partial charge in [0.2, 0.25) is 10.0 Å². The number of hydrogen-bond donors (Lipinski definition) is 3. The van der Waals surface area contributed by atoms with E-state index in [1.54, 1.807) is 6.92 Å². The van der Waals surface area contributed by atoms with E-state index in [-0.39, 0.29) is 29.2 Å². The Morgan fingerprint density at radius 1 is 1.43 bits per heavy atom. The summed E-state index contributed by atoms with van der Waals surface area (Å²) in [6.45, 7) is 2.09. The highest BCUT2D eigenvalue weighted by Crippen LogP contribution is 2.25. The van der Waals surface area contributed by atoms with Crippen molar-refractivity contribution < 1.29 is 18.1 Å². The number of hydrogen-bond acceptors (Lipinski definition) is 6. The molecule has 0 aliphatic rings. The molecular weight excluding hydrogens is 300 g/mol. The van der Waals surface area contributed by atoms with E-state index in [1.165, 1.54) is 18.2 Å². The molecule has 9 nitrogen and oxygen atoms in total. The molecule has 21 heavy (non-hydrogen) atoms. The summed E-state index contributed by atoms with van der Waals surface area (Å²) >= 11 is 0. The van der Waals surface area contributed by atoms with E-state index in [4.69, 9.17) is 5.14 Å². The van der Waals surface area contributed by atoms with Crippen molar-refractivity contribution in [2.45, 2.75) is 6.92 Å². The van der Waals surface area contributed by atoms with Gasteiger partial charge in [0.15, 0.2) is 0 Å². The highest BCUT2D eigenvalue weighted by Gasteiger charge is 2.16. The van der Waals surface area contributed by atoms with Gasteiger partial charge in [0, 0.05) is 24.7 Å². The van der Waals surface area contributed by atoms with Crippen molar-refractivity contribution in [2.24, 2.45) is 5.14 Å². The smallest absolute Gasteiger partial charge is 0.292 e. The number of anilines is 1. The van der Waals surface area contributed by atoms with E-state index in [2.05, 4.69) is 10.6 Å². The topological polar surface area (TPSA) is 144 Å². The predicted octanol–water partition coefficient (Wildman–Crippen LogP) is 0.0449. The monoisotopic (exact) mass is 316 g/mol. The molecule has 10 heteroatoms. The summed E-state index contributed by atoms with van der Waals surface area (Å²) in [5.41, 5.74) is 0.269. The van der Waals surface area contributed by atoms with Crippen LogP contribution in [0.5, 0.6) is 0 Å². The average Bonchev–Trinajstić information content (AvgIpc) is 2.37. The Hall–Kier alpha value is -2.20. The van der Waals surface area contributed by atoms with Gasteiger partial charge in [-0.25, -0.2) is 13.6 Å². The molecule has 0 bridgehead atoms. The van der Waals surface area contributed by atoms with Crippen molar-refractivity contribution >= 4 is 27.3 Å². The molecule has 0 atom stereocenters. The van der Waals surface area contributed by atoms with E-state index in [0.29, 0.717) is 6.54 Å². The summed E-state index contributed by atoms with van der Waals surface area (Å²) in [5.74, 6) is -0.918. The van der Waals surface area contributed by atoms with Crippen molar-refractivity contribution in [3.8, 4) is 0 Å². The number of nitrogens with one attached hydrogen (secondary N) is 2. The van der Waals surface area contributed by atoms with Gasteiger partial charge in [0.1, 0.15) is 5.69 Å². The Labute approximate surface area is 121 Å². The predicted molar refractivity (Wildman–Crippen MR) is 77.6 cm³/mol. The van der Waals surface area contributed by atoms with Gasteiger partial charge in [-0.3, -0.25) is 14.9 Å². The molecule has 0 aromatic heterocycles. The third-order valence-electron chi connectivity index (χ3n) is 2.49. The first-order valence-electron chi connectivity index (χ1n) is 6.05. The fraction of sp³-hybridized carbons (Fsp3) is 0.364. The number of nitrogens with two attached hydrogens (primary N) is 1. The second-order valence-electron chi connectivity index (χ2n) is 4.14. The SMILES string of the molecule is CCNc1cc(C(=O)NCCS(N)(=O)=O)ccc1[N+](=O)[O-]. The zero-order chi connectivity index (χ0) is 16.0. The molecule has 1 aromatic carbocycles. The molecule has 1 amide bonds. The minimum atomic E-state index is -3.65.